The summed E-state index contributed by atoms with van der Waals surface area (Å²) in [5, 5.41) is 8.99. The molecule has 2 aromatic carbocycles. The maximum atomic E-state index is 12.1. The van der Waals surface area contributed by atoms with E-state index in [9.17, 15) is 9.59 Å². The Balaban J connectivity index is 1.79. The third kappa shape index (κ3) is 2.73. The van der Waals surface area contributed by atoms with Crippen molar-refractivity contribution in [2.75, 3.05) is 13.7 Å². The predicted octanol–water partition coefficient (Wildman–Crippen LogP) is 3.34. The maximum absolute atomic E-state index is 12.1. The van der Waals surface area contributed by atoms with Gasteiger partial charge < -0.3 is 9.84 Å². The van der Waals surface area contributed by atoms with E-state index >= 15 is 0 Å². The molecule has 1 aliphatic rings. The minimum atomic E-state index is -1.06. The van der Waals surface area contributed by atoms with E-state index < -0.39 is 18.1 Å². The minimum Gasteiger partial charge on any atom is -0.480 e. The normalized spacial score (nSPS) is 13.8. The number of carbonyl (C=O) groups excluding carboxylic acids is 1. The van der Waals surface area contributed by atoms with E-state index in [0.29, 0.717) is 0 Å². The Hall–Kier alpha value is -2.82. The van der Waals surface area contributed by atoms with Crippen LogP contribution in [0.3, 0.4) is 0 Å². The van der Waals surface area contributed by atoms with Crippen LogP contribution >= 0.6 is 0 Å². The zero-order valence-corrected chi connectivity index (χ0v) is 13.6. The first kappa shape index (κ1) is 16.1. The first-order chi connectivity index (χ1) is 11.5. The van der Waals surface area contributed by atoms with Gasteiger partial charge in [0.25, 0.3) is 0 Å². The summed E-state index contributed by atoms with van der Waals surface area (Å²) in [6, 6.07) is 15.2. The van der Waals surface area contributed by atoms with Crippen LogP contribution in [0, 0.1) is 0 Å². The standard InChI is InChI=1S/C19H19NO4/c1-12(18(21)22)20(2)19(23)24-11-17-15-9-5-3-7-13(15)14-8-4-6-10-16(14)17/h3-10,12,17H,11H2,1-2H3,(H,21,22)/t12-/m0/s1/i2+1. The molecule has 0 bridgehead atoms. The molecule has 0 spiro atoms. The van der Waals surface area contributed by atoms with Gasteiger partial charge in [0.2, 0.25) is 0 Å². The highest BCUT2D eigenvalue weighted by Crippen LogP contribution is 2.44. The number of fused-ring (bicyclic) bond motifs is 3. The van der Waals surface area contributed by atoms with Crippen molar-refractivity contribution in [3.63, 3.8) is 0 Å². The van der Waals surface area contributed by atoms with E-state index in [4.69, 9.17) is 9.84 Å². The molecule has 1 atom stereocenters. The molecule has 0 aliphatic heterocycles. The third-order valence-corrected chi connectivity index (χ3v) is 4.56. The van der Waals surface area contributed by atoms with E-state index in [-0.39, 0.29) is 12.5 Å². The Morgan fingerprint density at radius 2 is 1.58 bits per heavy atom. The second-order valence-corrected chi connectivity index (χ2v) is 5.93. The average Bonchev–Trinajstić information content (AvgIpc) is 2.92. The molecule has 24 heavy (non-hydrogen) atoms. The molecule has 0 saturated heterocycles. The zero-order chi connectivity index (χ0) is 17.3. The van der Waals surface area contributed by atoms with Gasteiger partial charge in [0.05, 0.1) is 0 Å². The lowest BCUT2D eigenvalue weighted by Crippen LogP contribution is -2.40. The van der Waals surface area contributed by atoms with Crippen molar-refractivity contribution in [2.24, 2.45) is 0 Å². The van der Waals surface area contributed by atoms with Crippen molar-refractivity contribution in [2.45, 2.75) is 18.9 Å². The van der Waals surface area contributed by atoms with Crippen LogP contribution in [-0.2, 0) is 9.53 Å². The van der Waals surface area contributed by atoms with Gasteiger partial charge in [-0.15, -0.1) is 0 Å². The van der Waals surface area contributed by atoms with Gasteiger partial charge >= 0.3 is 12.1 Å². The fourth-order valence-electron chi connectivity index (χ4n) is 3.02. The highest BCUT2D eigenvalue weighted by molar-refractivity contribution is 5.80. The van der Waals surface area contributed by atoms with Crippen molar-refractivity contribution in [3.8, 4) is 11.1 Å². The number of carboxylic acid groups (broad SMARTS) is 1. The average molecular weight is 326 g/mol. The third-order valence-electron chi connectivity index (χ3n) is 4.56. The van der Waals surface area contributed by atoms with Crippen LogP contribution in [0.5, 0.6) is 0 Å². The van der Waals surface area contributed by atoms with Crippen molar-refractivity contribution in [1.29, 1.82) is 0 Å². The topological polar surface area (TPSA) is 66.8 Å². The second-order valence-electron chi connectivity index (χ2n) is 5.93. The predicted molar refractivity (Wildman–Crippen MR) is 89.9 cm³/mol. The van der Waals surface area contributed by atoms with Crippen LogP contribution in [0.4, 0.5) is 4.79 Å². The molecule has 1 amide bonds. The molecule has 0 unspecified atom stereocenters. The van der Waals surface area contributed by atoms with E-state index in [1.54, 1.807) is 0 Å². The quantitative estimate of drug-likeness (QED) is 0.875. The summed E-state index contributed by atoms with van der Waals surface area (Å²) in [5.74, 6) is -1.10. The fraction of sp³-hybridized carbons (Fsp3) is 0.263. The van der Waals surface area contributed by atoms with E-state index in [2.05, 4.69) is 12.1 Å². The van der Waals surface area contributed by atoms with Crippen molar-refractivity contribution in [1.82, 2.24) is 4.90 Å². The van der Waals surface area contributed by atoms with Gasteiger partial charge in [-0.3, -0.25) is 4.90 Å². The molecule has 0 aromatic heterocycles. The van der Waals surface area contributed by atoms with Crippen molar-refractivity contribution < 1.29 is 19.4 Å². The van der Waals surface area contributed by atoms with E-state index in [1.165, 1.54) is 14.0 Å². The first-order valence-electron chi connectivity index (χ1n) is 7.81. The Morgan fingerprint density at radius 3 is 2.08 bits per heavy atom. The minimum absolute atomic E-state index is 0.0325. The summed E-state index contributed by atoms with van der Waals surface area (Å²) >= 11 is 0. The number of rotatable bonds is 4. The van der Waals surface area contributed by atoms with Crippen LogP contribution in [0.25, 0.3) is 11.1 Å². The Labute approximate surface area is 140 Å². The molecule has 2 aromatic rings. The number of hydrogen-bond acceptors (Lipinski definition) is 3. The van der Waals surface area contributed by atoms with Crippen molar-refractivity contribution >= 4 is 12.1 Å². The molecule has 5 heteroatoms. The van der Waals surface area contributed by atoms with Crippen LogP contribution in [0.1, 0.15) is 24.0 Å². The Morgan fingerprint density at radius 1 is 1.08 bits per heavy atom. The molecule has 5 nitrogen and oxygen atoms in total. The largest absolute Gasteiger partial charge is 0.480 e. The van der Waals surface area contributed by atoms with Crippen LogP contribution in [-0.4, -0.2) is 41.8 Å². The fourth-order valence-corrected chi connectivity index (χ4v) is 3.02. The Kier molecular flexibility index (Phi) is 4.25. The number of likely N-dealkylation sites (N-methyl/N-ethyl adjacent to an activating group) is 1. The number of benzene rings is 2. The number of carbonyl (C=O) groups is 2. The van der Waals surface area contributed by atoms with Crippen LogP contribution < -0.4 is 0 Å². The number of ether oxygens (including phenoxy) is 1. The molecule has 1 aliphatic carbocycles. The number of aliphatic carboxylic acids is 1. The summed E-state index contributed by atoms with van der Waals surface area (Å²) in [5.41, 5.74) is 4.56. The second kappa shape index (κ2) is 6.35. The summed E-state index contributed by atoms with van der Waals surface area (Å²) in [6.45, 7) is 1.63. The number of hydrogen-bond donors (Lipinski definition) is 1. The van der Waals surface area contributed by atoms with E-state index in [1.807, 2.05) is 36.4 Å². The molecule has 0 fully saturated rings. The van der Waals surface area contributed by atoms with Crippen LogP contribution in [0.2, 0.25) is 0 Å². The zero-order valence-electron chi connectivity index (χ0n) is 13.6. The van der Waals surface area contributed by atoms with Gasteiger partial charge in [-0.1, -0.05) is 48.5 Å². The number of carboxylic acids is 1. The lowest BCUT2D eigenvalue weighted by Gasteiger charge is -2.22. The molecular weight excluding hydrogens is 307 g/mol. The number of nitrogens with zero attached hydrogens (tertiary/aromatic N) is 1. The highest BCUT2D eigenvalue weighted by atomic mass is 16.6. The SMILES string of the molecule is C[C@@H](C(=O)O)N([13CH3])C(=O)OCC1c2ccccc2-c2ccccc21. The summed E-state index contributed by atoms with van der Waals surface area (Å²) in [6.07, 6.45) is -0.633. The lowest BCUT2D eigenvalue weighted by atomic mass is 9.98. The molecular formula is C19H19NO4. The van der Waals surface area contributed by atoms with Crippen molar-refractivity contribution in [3.05, 3.63) is 59.7 Å². The van der Waals surface area contributed by atoms with E-state index in [0.717, 1.165) is 27.2 Å². The lowest BCUT2D eigenvalue weighted by molar-refractivity contribution is -0.141. The monoisotopic (exact) mass is 326 g/mol. The first-order valence-corrected chi connectivity index (χ1v) is 7.81. The molecule has 1 N–H and O–H groups in total. The van der Waals surface area contributed by atoms with Gasteiger partial charge in [-0.25, -0.2) is 9.59 Å². The molecule has 0 radical (unpaired) electrons. The summed E-state index contributed by atoms with van der Waals surface area (Å²) < 4.78 is 5.40. The highest BCUT2D eigenvalue weighted by Gasteiger charge is 2.30. The smallest absolute Gasteiger partial charge is 0.410 e. The molecule has 124 valence electrons. The summed E-state index contributed by atoms with van der Waals surface area (Å²) in [4.78, 5) is 24.2. The van der Waals surface area contributed by atoms with Gasteiger partial charge in [0.15, 0.2) is 0 Å². The van der Waals surface area contributed by atoms with Gasteiger partial charge in [0, 0.05) is 13.0 Å². The summed E-state index contributed by atoms with van der Waals surface area (Å²) in [7, 11) is 1.43. The maximum Gasteiger partial charge on any atom is 0.410 e. The molecule has 0 saturated carbocycles. The van der Waals surface area contributed by atoms with Gasteiger partial charge in [-0.2, -0.15) is 0 Å². The molecule has 3 rings (SSSR count). The van der Waals surface area contributed by atoms with Crippen LogP contribution in [0.15, 0.2) is 48.5 Å². The molecule has 0 heterocycles. The Bertz CT molecular complexity index is 741. The van der Waals surface area contributed by atoms with Gasteiger partial charge in [-0.05, 0) is 29.2 Å². The number of amides is 1. The van der Waals surface area contributed by atoms with Gasteiger partial charge in [0.1, 0.15) is 12.6 Å².